The number of hydrogen-bond acceptors (Lipinski definition) is 4. The van der Waals surface area contributed by atoms with Crippen molar-refractivity contribution in [3.63, 3.8) is 0 Å². The molecule has 0 atom stereocenters. The molecule has 1 aromatic heterocycles. The van der Waals surface area contributed by atoms with Crippen molar-refractivity contribution >= 4 is 33.0 Å². The summed E-state index contributed by atoms with van der Waals surface area (Å²) >= 11 is 7.08. The summed E-state index contributed by atoms with van der Waals surface area (Å²) in [5.74, 6) is 0.348. The molecule has 0 aromatic carbocycles. The highest BCUT2D eigenvalue weighted by molar-refractivity contribution is 7.89. The molecule has 0 bridgehead atoms. The molecule has 0 N–H and O–H groups in total. The number of ether oxygens (including phenoxy) is 1. The Hall–Kier alpha value is -0.140. The third-order valence-electron chi connectivity index (χ3n) is 3.14. The zero-order valence-electron chi connectivity index (χ0n) is 10.1. The van der Waals surface area contributed by atoms with Crippen molar-refractivity contribution in [3.8, 4) is 0 Å². The normalized spacial score (nSPS) is 18.4. The molecule has 1 aliphatic heterocycles. The van der Waals surface area contributed by atoms with Crippen LogP contribution in [-0.2, 0) is 20.6 Å². The standard InChI is InChI=1S/C11H16ClNO3S2/c1-13(9-2-4-16-5-3-9)18(14,15)11-6-10(7-12)17-8-11/h6,8-9H,2-5,7H2,1H3. The molecule has 18 heavy (non-hydrogen) atoms. The van der Waals surface area contributed by atoms with Gasteiger partial charge in [-0.1, -0.05) is 0 Å². The molecular formula is C11H16ClNO3S2. The van der Waals surface area contributed by atoms with Crippen LogP contribution in [0.25, 0.3) is 0 Å². The first-order valence-corrected chi connectivity index (χ1v) is 8.60. The third kappa shape index (κ3) is 2.88. The van der Waals surface area contributed by atoms with Crippen molar-refractivity contribution in [2.75, 3.05) is 20.3 Å². The highest BCUT2D eigenvalue weighted by atomic mass is 35.5. The maximum atomic E-state index is 12.4. The van der Waals surface area contributed by atoms with Gasteiger partial charge in [0.15, 0.2) is 0 Å². The first-order valence-electron chi connectivity index (χ1n) is 5.75. The van der Waals surface area contributed by atoms with Crippen molar-refractivity contribution in [1.29, 1.82) is 0 Å². The molecule has 1 saturated heterocycles. The summed E-state index contributed by atoms with van der Waals surface area (Å²) in [6, 6.07) is 1.69. The number of thiophene rings is 1. The molecule has 0 unspecified atom stereocenters. The van der Waals surface area contributed by atoms with E-state index in [0.717, 1.165) is 17.7 Å². The number of rotatable bonds is 4. The maximum absolute atomic E-state index is 12.4. The van der Waals surface area contributed by atoms with Crippen molar-refractivity contribution in [1.82, 2.24) is 4.31 Å². The molecule has 0 spiro atoms. The lowest BCUT2D eigenvalue weighted by molar-refractivity contribution is 0.0632. The second kappa shape index (κ2) is 5.88. The van der Waals surface area contributed by atoms with E-state index in [1.165, 1.54) is 15.6 Å². The minimum atomic E-state index is -3.40. The van der Waals surface area contributed by atoms with Crippen LogP contribution in [0.4, 0.5) is 0 Å². The summed E-state index contributed by atoms with van der Waals surface area (Å²) in [7, 11) is -1.76. The molecule has 0 amide bonds. The number of nitrogens with zero attached hydrogens (tertiary/aromatic N) is 1. The molecule has 4 nitrogen and oxygen atoms in total. The van der Waals surface area contributed by atoms with Gasteiger partial charge < -0.3 is 4.74 Å². The van der Waals surface area contributed by atoms with E-state index in [9.17, 15) is 8.42 Å². The van der Waals surface area contributed by atoms with E-state index in [4.69, 9.17) is 16.3 Å². The molecule has 0 saturated carbocycles. The molecule has 0 aliphatic carbocycles. The van der Waals surface area contributed by atoms with Gasteiger partial charge in [0.1, 0.15) is 0 Å². The smallest absolute Gasteiger partial charge is 0.243 e. The summed E-state index contributed by atoms with van der Waals surface area (Å²) in [4.78, 5) is 1.22. The van der Waals surface area contributed by atoms with E-state index in [1.807, 2.05) is 0 Å². The Bertz CT molecular complexity index is 494. The van der Waals surface area contributed by atoms with Crippen LogP contribution in [0.3, 0.4) is 0 Å². The van der Waals surface area contributed by atoms with Crippen LogP contribution in [-0.4, -0.2) is 39.0 Å². The third-order valence-corrected chi connectivity index (χ3v) is 6.56. The van der Waals surface area contributed by atoms with Crippen molar-refractivity contribution in [2.24, 2.45) is 0 Å². The van der Waals surface area contributed by atoms with Gasteiger partial charge in [0.25, 0.3) is 0 Å². The van der Waals surface area contributed by atoms with Crippen LogP contribution in [0, 0.1) is 0 Å². The van der Waals surface area contributed by atoms with Crippen molar-refractivity contribution in [3.05, 3.63) is 16.3 Å². The van der Waals surface area contributed by atoms with E-state index >= 15 is 0 Å². The van der Waals surface area contributed by atoms with Crippen LogP contribution in [0.2, 0.25) is 0 Å². The van der Waals surface area contributed by atoms with Crippen LogP contribution in [0.1, 0.15) is 17.7 Å². The van der Waals surface area contributed by atoms with Crippen LogP contribution in [0.5, 0.6) is 0 Å². The first-order chi connectivity index (χ1) is 8.55. The SMILES string of the molecule is CN(C1CCOCC1)S(=O)(=O)c1csc(CCl)c1. The summed E-state index contributed by atoms with van der Waals surface area (Å²) in [6.45, 7) is 1.25. The molecular weight excluding hydrogens is 294 g/mol. The second-order valence-electron chi connectivity index (χ2n) is 4.25. The Labute approximate surface area is 117 Å². The number of hydrogen-bond donors (Lipinski definition) is 0. The first kappa shape index (κ1) is 14.3. The second-order valence-corrected chi connectivity index (χ2v) is 7.51. The highest BCUT2D eigenvalue weighted by Crippen LogP contribution is 2.26. The lowest BCUT2D eigenvalue weighted by Crippen LogP contribution is -2.40. The summed E-state index contributed by atoms with van der Waals surface area (Å²) < 4.78 is 31.5. The highest BCUT2D eigenvalue weighted by Gasteiger charge is 2.29. The predicted octanol–water partition coefficient (Wildman–Crippen LogP) is 2.29. The van der Waals surface area contributed by atoms with Crippen LogP contribution >= 0.6 is 22.9 Å². The van der Waals surface area contributed by atoms with Crippen LogP contribution in [0.15, 0.2) is 16.3 Å². The summed E-state index contributed by atoms with van der Waals surface area (Å²) in [6.07, 6.45) is 1.50. The Balaban J connectivity index is 2.18. The van der Waals surface area contributed by atoms with Gasteiger partial charge in [-0.15, -0.1) is 22.9 Å². The van der Waals surface area contributed by atoms with Crippen LogP contribution < -0.4 is 0 Å². The predicted molar refractivity (Wildman–Crippen MR) is 72.7 cm³/mol. The number of halogens is 1. The molecule has 1 fully saturated rings. The van der Waals surface area contributed by atoms with Gasteiger partial charge >= 0.3 is 0 Å². The number of sulfonamides is 1. The van der Waals surface area contributed by atoms with Gasteiger partial charge in [-0.25, -0.2) is 8.42 Å². The maximum Gasteiger partial charge on any atom is 0.243 e. The van der Waals surface area contributed by atoms with Gasteiger partial charge in [-0.05, 0) is 18.9 Å². The zero-order chi connectivity index (χ0) is 13.2. The van der Waals surface area contributed by atoms with Gasteiger partial charge in [0, 0.05) is 36.6 Å². The largest absolute Gasteiger partial charge is 0.381 e. The monoisotopic (exact) mass is 309 g/mol. The Morgan fingerprint density at radius 3 is 2.72 bits per heavy atom. The Morgan fingerprint density at radius 2 is 2.17 bits per heavy atom. The van der Waals surface area contributed by atoms with E-state index in [1.54, 1.807) is 18.5 Å². The Morgan fingerprint density at radius 1 is 1.50 bits per heavy atom. The molecule has 2 heterocycles. The van der Waals surface area contributed by atoms with E-state index in [2.05, 4.69) is 0 Å². The van der Waals surface area contributed by atoms with Gasteiger partial charge in [-0.2, -0.15) is 4.31 Å². The lowest BCUT2D eigenvalue weighted by atomic mass is 10.1. The lowest BCUT2D eigenvalue weighted by Gasteiger charge is -2.30. The zero-order valence-corrected chi connectivity index (χ0v) is 12.5. The summed E-state index contributed by atoms with van der Waals surface area (Å²) in [5.41, 5.74) is 0. The topological polar surface area (TPSA) is 46.6 Å². The molecule has 1 aromatic rings. The fourth-order valence-corrected chi connectivity index (χ4v) is 4.77. The molecule has 2 rings (SSSR count). The Kier molecular flexibility index (Phi) is 4.66. The van der Waals surface area contributed by atoms with Gasteiger partial charge in [0.2, 0.25) is 10.0 Å². The minimum Gasteiger partial charge on any atom is -0.381 e. The number of alkyl halides is 1. The van der Waals surface area contributed by atoms with E-state index in [-0.39, 0.29) is 6.04 Å². The average Bonchev–Trinajstić information content (AvgIpc) is 2.88. The van der Waals surface area contributed by atoms with E-state index < -0.39 is 10.0 Å². The van der Waals surface area contributed by atoms with Crippen molar-refractivity contribution in [2.45, 2.75) is 29.7 Å². The average molecular weight is 310 g/mol. The van der Waals surface area contributed by atoms with E-state index in [0.29, 0.717) is 24.0 Å². The van der Waals surface area contributed by atoms with Crippen molar-refractivity contribution < 1.29 is 13.2 Å². The summed E-state index contributed by atoms with van der Waals surface area (Å²) in [5, 5.41) is 1.66. The van der Waals surface area contributed by atoms with Gasteiger partial charge in [0.05, 0.1) is 10.8 Å². The molecule has 102 valence electrons. The van der Waals surface area contributed by atoms with Gasteiger partial charge in [-0.3, -0.25) is 0 Å². The minimum absolute atomic E-state index is 0.0306. The fraction of sp³-hybridized carbons (Fsp3) is 0.636. The molecule has 7 heteroatoms. The molecule has 0 radical (unpaired) electrons. The quantitative estimate of drug-likeness (QED) is 0.802. The fourth-order valence-electron chi connectivity index (χ4n) is 1.98. The molecule has 1 aliphatic rings.